The number of anilines is 1. The first-order valence-corrected chi connectivity index (χ1v) is 4.76. The number of carbonyl (C=O) groups is 1. The fourth-order valence-electron chi connectivity index (χ4n) is 1.14. The fourth-order valence-corrected chi connectivity index (χ4v) is 1.33. The van der Waals surface area contributed by atoms with Crippen LogP contribution in [0.1, 0.15) is 10.5 Å². The summed E-state index contributed by atoms with van der Waals surface area (Å²) < 4.78 is 36.4. The maximum absolute atomic E-state index is 12.1. The summed E-state index contributed by atoms with van der Waals surface area (Å²) in [5, 5.41) is 8.59. The van der Waals surface area contributed by atoms with E-state index in [0.717, 1.165) is 11.9 Å². The molecule has 8 heteroatoms. The van der Waals surface area contributed by atoms with Crippen molar-refractivity contribution in [2.75, 3.05) is 18.5 Å². The van der Waals surface area contributed by atoms with E-state index < -0.39 is 24.4 Å². The molecule has 0 aliphatic rings. The van der Waals surface area contributed by atoms with Crippen molar-refractivity contribution in [3.63, 3.8) is 0 Å². The highest BCUT2D eigenvalue weighted by molar-refractivity contribution is 6.33. The molecule has 0 bridgehead atoms. The quantitative estimate of drug-likeness (QED) is 0.915. The minimum absolute atomic E-state index is 0.107. The Bertz CT molecular complexity index is 437. The molecule has 94 valence electrons. The molecular weight excluding hydrogens is 261 g/mol. The van der Waals surface area contributed by atoms with Crippen LogP contribution in [0.2, 0.25) is 5.02 Å². The van der Waals surface area contributed by atoms with Crippen LogP contribution in [0, 0.1) is 0 Å². The highest BCUT2D eigenvalue weighted by Crippen LogP contribution is 2.22. The molecule has 0 unspecified atom stereocenters. The largest absolute Gasteiger partial charge is 0.476 e. The number of nitrogens with zero attached hydrogens (tertiary/aromatic N) is 2. The molecule has 1 aromatic rings. The van der Waals surface area contributed by atoms with Crippen LogP contribution in [0.25, 0.3) is 0 Å². The molecule has 17 heavy (non-hydrogen) atoms. The second kappa shape index (κ2) is 4.79. The molecule has 1 heterocycles. The monoisotopic (exact) mass is 268 g/mol. The smallest absolute Gasteiger partial charge is 0.405 e. The average molecular weight is 269 g/mol. The fraction of sp³-hybridized carbons (Fsp3) is 0.333. The number of carboxylic acid groups (broad SMARTS) is 1. The van der Waals surface area contributed by atoms with E-state index in [2.05, 4.69) is 4.98 Å². The number of hydrogen-bond acceptors (Lipinski definition) is 3. The molecule has 0 spiro atoms. The van der Waals surface area contributed by atoms with Crippen molar-refractivity contribution >= 4 is 23.4 Å². The Morgan fingerprint density at radius 3 is 2.59 bits per heavy atom. The van der Waals surface area contributed by atoms with Crippen molar-refractivity contribution < 1.29 is 23.1 Å². The summed E-state index contributed by atoms with van der Waals surface area (Å²) in [6.45, 7) is -1.22. The van der Waals surface area contributed by atoms with Crippen molar-refractivity contribution in [1.29, 1.82) is 0 Å². The van der Waals surface area contributed by atoms with E-state index in [1.165, 1.54) is 12.1 Å². The molecule has 0 saturated heterocycles. The first-order chi connectivity index (χ1) is 7.70. The van der Waals surface area contributed by atoms with Gasteiger partial charge in [-0.3, -0.25) is 0 Å². The highest BCUT2D eigenvalue weighted by Gasteiger charge is 2.30. The lowest BCUT2D eigenvalue weighted by molar-refractivity contribution is -0.119. The van der Waals surface area contributed by atoms with Crippen LogP contribution in [0.5, 0.6) is 0 Å². The summed E-state index contributed by atoms with van der Waals surface area (Å²) in [6.07, 6.45) is -4.39. The molecule has 1 N–H and O–H groups in total. The van der Waals surface area contributed by atoms with Crippen LogP contribution in [0.4, 0.5) is 19.0 Å². The topological polar surface area (TPSA) is 53.4 Å². The normalized spacial score (nSPS) is 11.4. The van der Waals surface area contributed by atoms with E-state index in [9.17, 15) is 18.0 Å². The third-order valence-corrected chi connectivity index (χ3v) is 2.15. The van der Waals surface area contributed by atoms with E-state index in [1.54, 1.807) is 0 Å². The standard InChI is InChI=1S/C9H8ClF3N2O2/c1-15(4-9(11,12)13)6-3-2-5(10)7(14-6)8(16)17/h2-3H,4H2,1H3,(H,16,17). The molecule has 0 aliphatic carbocycles. The van der Waals surface area contributed by atoms with Crippen molar-refractivity contribution in [2.24, 2.45) is 0 Å². The Balaban J connectivity index is 3.00. The molecular formula is C9H8ClF3N2O2. The lowest BCUT2D eigenvalue weighted by Gasteiger charge is -2.20. The summed E-state index contributed by atoms with van der Waals surface area (Å²) in [4.78, 5) is 15.0. The number of aromatic carboxylic acids is 1. The van der Waals surface area contributed by atoms with E-state index >= 15 is 0 Å². The maximum atomic E-state index is 12.1. The number of rotatable bonds is 3. The molecule has 0 aromatic carbocycles. The van der Waals surface area contributed by atoms with Gasteiger partial charge in [0.15, 0.2) is 5.69 Å². The molecule has 0 atom stereocenters. The van der Waals surface area contributed by atoms with E-state index in [-0.39, 0.29) is 10.8 Å². The Morgan fingerprint density at radius 2 is 2.12 bits per heavy atom. The molecule has 4 nitrogen and oxygen atoms in total. The molecule has 0 radical (unpaired) electrons. The Morgan fingerprint density at radius 1 is 1.53 bits per heavy atom. The van der Waals surface area contributed by atoms with Crippen LogP contribution in [0.3, 0.4) is 0 Å². The van der Waals surface area contributed by atoms with Gasteiger partial charge in [-0.2, -0.15) is 13.2 Å². The van der Waals surface area contributed by atoms with Gasteiger partial charge in [-0.15, -0.1) is 0 Å². The predicted molar refractivity (Wildman–Crippen MR) is 55.5 cm³/mol. The zero-order valence-electron chi connectivity index (χ0n) is 8.62. The maximum Gasteiger partial charge on any atom is 0.405 e. The lowest BCUT2D eigenvalue weighted by Crippen LogP contribution is -2.31. The molecule has 0 fully saturated rings. The van der Waals surface area contributed by atoms with Crippen molar-refractivity contribution in [2.45, 2.75) is 6.18 Å². The van der Waals surface area contributed by atoms with Crippen molar-refractivity contribution in [1.82, 2.24) is 4.98 Å². The van der Waals surface area contributed by atoms with Gasteiger partial charge in [0, 0.05) is 7.05 Å². The molecule has 1 aromatic heterocycles. The van der Waals surface area contributed by atoms with Gasteiger partial charge in [0.05, 0.1) is 5.02 Å². The zero-order valence-corrected chi connectivity index (χ0v) is 9.38. The number of hydrogen-bond donors (Lipinski definition) is 1. The Kier molecular flexibility index (Phi) is 3.82. The van der Waals surface area contributed by atoms with Crippen LogP contribution in [-0.4, -0.2) is 35.8 Å². The minimum Gasteiger partial charge on any atom is -0.476 e. The first kappa shape index (κ1) is 13.6. The van der Waals surface area contributed by atoms with Crippen LogP contribution >= 0.6 is 11.6 Å². The Hall–Kier alpha value is -1.50. The third kappa shape index (κ3) is 3.77. The first-order valence-electron chi connectivity index (χ1n) is 4.38. The Labute approximate surface area is 99.6 Å². The number of halogens is 4. The average Bonchev–Trinajstić information content (AvgIpc) is 2.14. The van der Waals surface area contributed by atoms with E-state index in [0.29, 0.717) is 0 Å². The highest BCUT2D eigenvalue weighted by atomic mass is 35.5. The molecule has 0 amide bonds. The van der Waals surface area contributed by atoms with Gasteiger partial charge in [0.25, 0.3) is 0 Å². The van der Waals surface area contributed by atoms with Gasteiger partial charge >= 0.3 is 12.1 Å². The van der Waals surface area contributed by atoms with Gasteiger partial charge < -0.3 is 10.0 Å². The van der Waals surface area contributed by atoms with E-state index in [4.69, 9.17) is 16.7 Å². The van der Waals surface area contributed by atoms with Gasteiger partial charge in [-0.1, -0.05) is 11.6 Å². The molecule has 1 rings (SSSR count). The predicted octanol–water partition coefficient (Wildman–Crippen LogP) is 2.43. The van der Waals surface area contributed by atoms with E-state index in [1.807, 2.05) is 0 Å². The summed E-state index contributed by atoms with van der Waals surface area (Å²) in [5.41, 5.74) is -0.474. The second-order valence-electron chi connectivity index (χ2n) is 3.28. The van der Waals surface area contributed by atoms with Crippen LogP contribution in [0.15, 0.2) is 12.1 Å². The van der Waals surface area contributed by atoms with Crippen LogP contribution in [-0.2, 0) is 0 Å². The second-order valence-corrected chi connectivity index (χ2v) is 3.68. The van der Waals surface area contributed by atoms with Gasteiger partial charge in [0.1, 0.15) is 12.4 Å². The number of alkyl halides is 3. The summed E-state index contributed by atoms with van der Waals surface area (Å²) in [6, 6.07) is 2.42. The summed E-state index contributed by atoms with van der Waals surface area (Å²) in [7, 11) is 1.16. The third-order valence-electron chi connectivity index (χ3n) is 1.84. The number of pyridine rings is 1. The lowest BCUT2D eigenvalue weighted by atomic mass is 10.3. The van der Waals surface area contributed by atoms with Crippen LogP contribution < -0.4 is 4.90 Å². The minimum atomic E-state index is -4.39. The number of aromatic nitrogens is 1. The zero-order chi connectivity index (χ0) is 13.2. The molecule has 0 aliphatic heterocycles. The van der Waals surface area contributed by atoms with Gasteiger partial charge in [-0.25, -0.2) is 9.78 Å². The molecule has 0 saturated carbocycles. The van der Waals surface area contributed by atoms with Gasteiger partial charge in [-0.05, 0) is 12.1 Å². The number of carboxylic acids is 1. The van der Waals surface area contributed by atoms with Crippen molar-refractivity contribution in [3.05, 3.63) is 22.8 Å². The van der Waals surface area contributed by atoms with Gasteiger partial charge in [0.2, 0.25) is 0 Å². The SMILES string of the molecule is CN(CC(F)(F)F)c1ccc(Cl)c(C(=O)O)n1. The summed E-state index contributed by atoms with van der Waals surface area (Å²) >= 11 is 5.54. The van der Waals surface area contributed by atoms with Crippen molar-refractivity contribution in [3.8, 4) is 0 Å². The summed E-state index contributed by atoms with van der Waals surface area (Å²) in [5.74, 6) is -1.50.